The normalized spacial score (nSPS) is 11.0. The minimum absolute atomic E-state index is 0.276. The molecule has 0 aromatic carbocycles. The van der Waals surface area contributed by atoms with Crippen LogP contribution in [0.1, 0.15) is 55.1 Å². The van der Waals surface area contributed by atoms with Crippen LogP contribution in [0.15, 0.2) is 55.0 Å². The molecule has 4 N–H and O–H groups in total. The third-order valence-electron chi connectivity index (χ3n) is 6.02. The number of carbonyl (C=O) groups is 1. The summed E-state index contributed by atoms with van der Waals surface area (Å²) in [6.45, 7) is 7.30. The topological polar surface area (TPSA) is 77.9 Å². The second-order valence-corrected chi connectivity index (χ2v) is 8.12. The van der Waals surface area contributed by atoms with Crippen molar-refractivity contribution in [1.82, 2.24) is 8.80 Å². The Hall–Kier alpha value is -3.05. The molecule has 0 saturated heterocycles. The van der Waals surface area contributed by atoms with E-state index in [2.05, 4.69) is 55.8 Å². The van der Waals surface area contributed by atoms with Crippen molar-refractivity contribution in [2.24, 2.45) is 11.5 Å². The van der Waals surface area contributed by atoms with Crippen LogP contribution < -0.4 is 11.5 Å². The molecule has 1 amide bonds. The van der Waals surface area contributed by atoms with Gasteiger partial charge < -0.3 is 20.3 Å². The lowest BCUT2D eigenvalue weighted by atomic mass is 10.0. The minimum Gasteiger partial charge on any atom is -0.369 e. The van der Waals surface area contributed by atoms with Crippen molar-refractivity contribution in [2.45, 2.75) is 59.3 Å². The van der Waals surface area contributed by atoms with Gasteiger partial charge in [0.05, 0.1) is 6.42 Å². The molecule has 0 aliphatic carbocycles. The van der Waals surface area contributed by atoms with Gasteiger partial charge in [-0.15, -0.1) is 0 Å². The Kier molecular flexibility index (Phi) is 8.12. The second-order valence-electron chi connectivity index (χ2n) is 8.12. The van der Waals surface area contributed by atoms with Crippen LogP contribution in [0.25, 0.3) is 11.0 Å². The first-order valence-corrected chi connectivity index (χ1v) is 11.7. The minimum atomic E-state index is -0.276. The highest BCUT2D eigenvalue weighted by atomic mass is 16.1. The zero-order valence-corrected chi connectivity index (χ0v) is 19.6. The number of nitrogens with zero attached hydrogens (tertiary/aromatic N) is 2. The summed E-state index contributed by atoms with van der Waals surface area (Å²) in [6, 6.07) is 12.4. The largest absolute Gasteiger partial charge is 0.369 e. The quantitative estimate of drug-likeness (QED) is 0.430. The van der Waals surface area contributed by atoms with Gasteiger partial charge in [0, 0.05) is 35.3 Å². The van der Waals surface area contributed by atoms with E-state index in [-0.39, 0.29) is 5.91 Å². The number of aromatic nitrogens is 2. The molecule has 32 heavy (non-hydrogen) atoms. The molecule has 0 spiro atoms. The summed E-state index contributed by atoms with van der Waals surface area (Å²) in [5, 5.41) is 0. The lowest BCUT2D eigenvalue weighted by Gasteiger charge is -2.04. The molecular weight excluding hydrogens is 396 g/mol. The molecule has 4 aromatic rings. The van der Waals surface area contributed by atoms with E-state index < -0.39 is 0 Å². The van der Waals surface area contributed by atoms with Crippen LogP contribution in [0.3, 0.4) is 0 Å². The van der Waals surface area contributed by atoms with Crippen molar-refractivity contribution >= 4 is 16.9 Å². The molecule has 0 atom stereocenters. The molecule has 170 valence electrons. The molecular formula is C27H36N4O. The van der Waals surface area contributed by atoms with Crippen molar-refractivity contribution in [3.63, 3.8) is 0 Å². The molecule has 4 heterocycles. The number of carbonyl (C=O) groups excluding carboxylic acids is 1. The van der Waals surface area contributed by atoms with E-state index in [1.54, 1.807) is 0 Å². The summed E-state index contributed by atoms with van der Waals surface area (Å²) in [5.74, 6) is -0.276. The number of pyridine rings is 2. The van der Waals surface area contributed by atoms with Gasteiger partial charge in [0.2, 0.25) is 5.91 Å². The zero-order chi connectivity index (χ0) is 23.1. The van der Waals surface area contributed by atoms with Gasteiger partial charge in [-0.05, 0) is 78.7 Å². The lowest BCUT2D eigenvalue weighted by molar-refractivity contribution is -0.117. The zero-order valence-electron chi connectivity index (χ0n) is 19.6. The fraction of sp³-hybridized carbons (Fsp3) is 0.370. The maximum atomic E-state index is 11.0. The average molecular weight is 433 g/mol. The number of hydrogen-bond acceptors (Lipinski definition) is 2. The van der Waals surface area contributed by atoms with Gasteiger partial charge >= 0.3 is 0 Å². The number of fused-ring (bicyclic) bond motifs is 2. The van der Waals surface area contributed by atoms with Gasteiger partial charge in [0.15, 0.2) is 0 Å². The second kappa shape index (κ2) is 11.0. The summed E-state index contributed by atoms with van der Waals surface area (Å²) >= 11 is 0. The molecule has 4 aromatic heterocycles. The number of rotatable bonds is 8. The molecule has 5 heteroatoms. The first-order chi connectivity index (χ1) is 15.5. The molecule has 0 unspecified atom stereocenters. The van der Waals surface area contributed by atoms with Crippen LogP contribution in [-0.2, 0) is 36.9 Å². The number of hydrogen-bond donors (Lipinski definition) is 2. The van der Waals surface area contributed by atoms with E-state index in [1.807, 2.05) is 28.8 Å². The number of amides is 1. The van der Waals surface area contributed by atoms with Crippen LogP contribution in [0.2, 0.25) is 0 Å². The van der Waals surface area contributed by atoms with E-state index in [9.17, 15) is 4.79 Å². The number of nitrogens with two attached hydrogens (primary N) is 2. The fourth-order valence-electron chi connectivity index (χ4n) is 4.67. The molecule has 4 rings (SSSR count). The van der Waals surface area contributed by atoms with Crippen molar-refractivity contribution in [2.75, 3.05) is 6.54 Å². The van der Waals surface area contributed by atoms with Gasteiger partial charge in [-0.25, -0.2) is 0 Å². The van der Waals surface area contributed by atoms with Gasteiger partial charge in [-0.3, -0.25) is 4.79 Å². The molecule has 0 bridgehead atoms. The lowest BCUT2D eigenvalue weighted by Crippen LogP contribution is -2.14. The van der Waals surface area contributed by atoms with Crippen LogP contribution in [-0.4, -0.2) is 21.3 Å². The SMILES string of the molecule is CCCc1c(CC)c(CCN)c2ccccn12.CCc1cn2ccccc2c1CC(N)=O. The number of primary amides is 1. The van der Waals surface area contributed by atoms with Gasteiger partial charge in [0.1, 0.15) is 0 Å². The monoisotopic (exact) mass is 432 g/mol. The van der Waals surface area contributed by atoms with E-state index in [0.717, 1.165) is 43.3 Å². The Balaban J connectivity index is 0.000000182. The Morgan fingerprint density at radius 1 is 0.875 bits per heavy atom. The first-order valence-electron chi connectivity index (χ1n) is 11.7. The Bertz CT molecular complexity index is 1140. The summed E-state index contributed by atoms with van der Waals surface area (Å²) in [7, 11) is 0. The summed E-state index contributed by atoms with van der Waals surface area (Å²) < 4.78 is 4.39. The first kappa shape index (κ1) is 23.6. The summed E-state index contributed by atoms with van der Waals surface area (Å²) in [6.07, 6.45) is 11.9. The van der Waals surface area contributed by atoms with E-state index in [0.29, 0.717) is 6.42 Å². The van der Waals surface area contributed by atoms with Crippen LogP contribution in [0.5, 0.6) is 0 Å². The fourth-order valence-corrected chi connectivity index (χ4v) is 4.67. The molecule has 0 fully saturated rings. The summed E-state index contributed by atoms with van der Waals surface area (Å²) in [5.41, 5.74) is 20.1. The third kappa shape index (κ3) is 4.89. The van der Waals surface area contributed by atoms with Crippen LogP contribution >= 0.6 is 0 Å². The van der Waals surface area contributed by atoms with Crippen molar-refractivity contribution in [1.29, 1.82) is 0 Å². The summed E-state index contributed by atoms with van der Waals surface area (Å²) in [4.78, 5) is 11.0. The van der Waals surface area contributed by atoms with E-state index in [1.165, 1.54) is 34.3 Å². The van der Waals surface area contributed by atoms with Gasteiger partial charge in [0.25, 0.3) is 0 Å². The van der Waals surface area contributed by atoms with Crippen LogP contribution in [0.4, 0.5) is 0 Å². The average Bonchev–Trinajstić information content (AvgIpc) is 3.30. The molecule has 0 saturated carbocycles. The smallest absolute Gasteiger partial charge is 0.221 e. The third-order valence-corrected chi connectivity index (χ3v) is 6.02. The predicted octanol–water partition coefficient (Wildman–Crippen LogP) is 4.48. The Morgan fingerprint density at radius 2 is 1.59 bits per heavy atom. The molecule has 0 aliphatic rings. The predicted molar refractivity (Wildman–Crippen MR) is 133 cm³/mol. The standard InChI is InChI=1S/C15H22N2.C12H14N2O/c1-3-7-14-12(4-2)13(9-10-16)15-8-5-6-11-17(14)15;1-2-9-8-14-6-4-3-5-11(14)10(9)7-12(13)15/h5-6,8,11H,3-4,7,9-10,16H2,1-2H3;3-6,8H,2,7H2,1H3,(H2,13,15). The number of aryl methyl sites for hydroxylation is 2. The van der Waals surface area contributed by atoms with E-state index >= 15 is 0 Å². The Labute approximate surface area is 191 Å². The van der Waals surface area contributed by atoms with Crippen molar-refractivity contribution in [3.8, 4) is 0 Å². The molecule has 5 nitrogen and oxygen atoms in total. The van der Waals surface area contributed by atoms with Gasteiger partial charge in [-0.2, -0.15) is 0 Å². The van der Waals surface area contributed by atoms with Crippen molar-refractivity contribution in [3.05, 3.63) is 82.9 Å². The van der Waals surface area contributed by atoms with Crippen molar-refractivity contribution < 1.29 is 4.79 Å². The van der Waals surface area contributed by atoms with Gasteiger partial charge in [-0.1, -0.05) is 39.3 Å². The molecule has 0 aliphatic heterocycles. The maximum Gasteiger partial charge on any atom is 0.221 e. The highest BCUT2D eigenvalue weighted by molar-refractivity contribution is 5.80. The Morgan fingerprint density at radius 3 is 2.22 bits per heavy atom. The highest BCUT2D eigenvalue weighted by Crippen LogP contribution is 2.26. The molecule has 0 radical (unpaired) electrons. The van der Waals surface area contributed by atoms with E-state index in [4.69, 9.17) is 11.5 Å². The van der Waals surface area contributed by atoms with Crippen LogP contribution in [0, 0.1) is 0 Å². The highest BCUT2D eigenvalue weighted by Gasteiger charge is 2.15. The maximum absolute atomic E-state index is 11.0.